The molecule has 0 bridgehead atoms. The molecule has 0 aliphatic carbocycles. The quantitative estimate of drug-likeness (QED) is 0.280. The van der Waals surface area contributed by atoms with Crippen LogP contribution in [0.2, 0.25) is 0 Å². The van der Waals surface area contributed by atoms with E-state index in [4.69, 9.17) is 4.74 Å². The SMILES string of the molecule is C=CCn1c(SCC(=O)Nc2cccc(OC)c2)nnc1C(CC(C)C)NC(=O)c1ccccc1. The number of thioether (sulfide) groups is 1. The number of hydrogen-bond acceptors (Lipinski definition) is 6. The maximum Gasteiger partial charge on any atom is 0.251 e. The summed E-state index contributed by atoms with van der Waals surface area (Å²) >= 11 is 1.28. The highest BCUT2D eigenvalue weighted by Crippen LogP contribution is 2.26. The number of ether oxygens (including phenoxy) is 1. The van der Waals surface area contributed by atoms with Crippen molar-refractivity contribution < 1.29 is 14.3 Å². The zero-order chi connectivity index (χ0) is 25.2. The van der Waals surface area contributed by atoms with E-state index >= 15 is 0 Å². The van der Waals surface area contributed by atoms with Gasteiger partial charge in [-0.25, -0.2) is 0 Å². The van der Waals surface area contributed by atoms with Crippen molar-refractivity contribution in [1.29, 1.82) is 0 Å². The van der Waals surface area contributed by atoms with Crippen LogP contribution in [0.1, 0.15) is 42.5 Å². The van der Waals surface area contributed by atoms with Gasteiger partial charge in [0.2, 0.25) is 5.91 Å². The predicted molar refractivity (Wildman–Crippen MR) is 139 cm³/mol. The summed E-state index contributed by atoms with van der Waals surface area (Å²) in [7, 11) is 1.58. The van der Waals surface area contributed by atoms with E-state index in [2.05, 4.69) is 41.3 Å². The van der Waals surface area contributed by atoms with E-state index in [0.717, 1.165) is 0 Å². The molecule has 0 saturated carbocycles. The molecule has 0 aliphatic heterocycles. The molecule has 0 aliphatic rings. The molecule has 2 N–H and O–H groups in total. The van der Waals surface area contributed by atoms with Gasteiger partial charge in [0.15, 0.2) is 11.0 Å². The average molecular weight is 494 g/mol. The van der Waals surface area contributed by atoms with Crippen LogP contribution in [0.25, 0.3) is 0 Å². The second-order valence-electron chi connectivity index (χ2n) is 8.33. The van der Waals surface area contributed by atoms with Crippen molar-refractivity contribution in [3.63, 3.8) is 0 Å². The molecule has 9 heteroatoms. The van der Waals surface area contributed by atoms with Crippen LogP contribution in [0.4, 0.5) is 5.69 Å². The standard InChI is InChI=1S/C26H31N5O3S/c1-5-14-31-24(22(15-18(2)3)28-25(33)19-10-7-6-8-11-19)29-30-26(31)35-17-23(32)27-20-12-9-13-21(16-20)34-4/h5-13,16,18,22H,1,14-15,17H2,2-4H3,(H,27,32)(H,28,33). The van der Waals surface area contributed by atoms with Crippen molar-refractivity contribution in [2.24, 2.45) is 5.92 Å². The van der Waals surface area contributed by atoms with Crippen LogP contribution in [-0.2, 0) is 11.3 Å². The van der Waals surface area contributed by atoms with Crippen LogP contribution in [0.15, 0.2) is 72.4 Å². The van der Waals surface area contributed by atoms with Crippen molar-refractivity contribution in [2.75, 3.05) is 18.2 Å². The van der Waals surface area contributed by atoms with Crippen molar-refractivity contribution in [3.8, 4) is 5.75 Å². The Morgan fingerprint density at radius 1 is 1.14 bits per heavy atom. The second kappa shape index (κ2) is 12.8. The number of allylic oxidation sites excluding steroid dienone is 1. The van der Waals surface area contributed by atoms with E-state index in [0.29, 0.717) is 46.9 Å². The molecule has 2 amide bonds. The molecular weight excluding hydrogens is 462 g/mol. The van der Waals surface area contributed by atoms with Gasteiger partial charge in [0, 0.05) is 23.9 Å². The number of carbonyl (C=O) groups excluding carboxylic acids is 2. The largest absolute Gasteiger partial charge is 0.497 e. The van der Waals surface area contributed by atoms with Crippen molar-refractivity contribution >= 4 is 29.3 Å². The molecule has 8 nitrogen and oxygen atoms in total. The molecule has 0 radical (unpaired) electrons. The maximum absolute atomic E-state index is 12.9. The number of rotatable bonds is 12. The van der Waals surface area contributed by atoms with E-state index in [-0.39, 0.29) is 23.6 Å². The minimum atomic E-state index is -0.338. The predicted octanol–water partition coefficient (Wildman–Crippen LogP) is 4.72. The first kappa shape index (κ1) is 26.0. The van der Waals surface area contributed by atoms with Gasteiger partial charge < -0.3 is 19.9 Å². The summed E-state index contributed by atoms with van der Waals surface area (Å²) < 4.78 is 7.10. The summed E-state index contributed by atoms with van der Waals surface area (Å²) in [6.07, 6.45) is 2.44. The number of benzene rings is 2. The number of anilines is 1. The van der Waals surface area contributed by atoms with E-state index in [9.17, 15) is 9.59 Å². The smallest absolute Gasteiger partial charge is 0.251 e. The molecule has 3 rings (SSSR count). The van der Waals surface area contributed by atoms with Crippen LogP contribution in [0.5, 0.6) is 5.75 Å². The zero-order valence-electron chi connectivity index (χ0n) is 20.2. The zero-order valence-corrected chi connectivity index (χ0v) is 21.0. The summed E-state index contributed by atoms with van der Waals surface area (Å²) in [6, 6.07) is 15.9. The van der Waals surface area contributed by atoms with Crippen LogP contribution in [0.3, 0.4) is 0 Å². The number of nitrogens with zero attached hydrogens (tertiary/aromatic N) is 3. The van der Waals surface area contributed by atoms with Crippen LogP contribution < -0.4 is 15.4 Å². The highest BCUT2D eigenvalue weighted by atomic mass is 32.2. The Bertz CT molecular complexity index is 1150. The first-order valence-corrected chi connectivity index (χ1v) is 12.4. The fraction of sp³-hybridized carbons (Fsp3) is 0.308. The second-order valence-corrected chi connectivity index (χ2v) is 9.27. The molecule has 3 aromatic rings. The Hall–Kier alpha value is -3.59. The average Bonchev–Trinajstić information content (AvgIpc) is 3.25. The van der Waals surface area contributed by atoms with E-state index in [1.54, 1.807) is 37.5 Å². The third kappa shape index (κ3) is 7.45. The Kier molecular flexibility index (Phi) is 9.48. The number of amides is 2. The third-order valence-electron chi connectivity index (χ3n) is 5.10. The van der Waals surface area contributed by atoms with Crippen LogP contribution >= 0.6 is 11.8 Å². The maximum atomic E-state index is 12.9. The van der Waals surface area contributed by atoms with Crippen molar-refractivity contribution in [3.05, 3.63) is 78.6 Å². The fourth-order valence-corrected chi connectivity index (χ4v) is 4.28. The lowest BCUT2D eigenvalue weighted by Crippen LogP contribution is -2.31. The molecule has 1 atom stereocenters. The third-order valence-corrected chi connectivity index (χ3v) is 6.07. The minimum absolute atomic E-state index is 0.151. The topological polar surface area (TPSA) is 98.1 Å². The van der Waals surface area contributed by atoms with Gasteiger partial charge in [-0.15, -0.1) is 16.8 Å². The number of hydrogen-bond donors (Lipinski definition) is 2. The summed E-state index contributed by atoms with van der Waals surface area (Å²) in [5.41, 5.74) is 1.24. The van der Waals surface area contributed by atoms with Gasteiger partial charge in [-0.1, -0.05) is 56.0 Å². The van der Waals surface area contributed by atoms with Gasteiger partial charge in [0.05, 0.1) is 18.9 Å². The molecule has 184 valence electrons. The molecule has 35 heavy (non-hydrogen) atoms. The number of aromatic nitrogens is 3. The lowest BCUT2D eigenvalue weighted by molar-refractivity contribution is -0.113. The summed E-state index contributed by atoms with van der Waals surface area (Å²) in [5.74, 6) is 1.43. The van der Waals surface area contributed by atoms with E-state index in [1.807, 2.05) is 34.9 Å². The normalized spacial score (nSPS) is 11.7. The Labute approximate surface area is 210 Å². The highest BCUT2D eigenvalue weighted by molar-refractivity contribution is 7.99. The summed E-state index contributed by atoms with van der Waals surface area (Å²) in [4.78, 5) is 25.4. The van der Waals surface area contributed by atoms with E-state index in [1.165, 1.54) is 11.8 Å². The van der Waals surface area contributed by atoms with Gasteiger partial charge in [0.25, 0.3) is 5.91 Å². The Morgan fingerprint density at radius 3 is 2.60 bits per heavy atom. The number of carbonyl (C=O) groups is 2. The van der Waals surface area contributed by atoms with E-state index < -0.39 is 0 Å². The molecule has 1 heterocycles. The molecule has 0 fully saturated rings. The Morgan fingerprint density at radius 2 is 1.91 bits per heavy atom. The monoisotopic (exact) mass is 493 g/mol. The lowest BCUT2D eigenvalue weighted by Gasteiger charge is -2.21. The fourth-order valence-electron chi connectivity index (χ4n) is 3.52. The van der Waals surface area contributed by atoms with Gasteiger partial charge in [0.1, 0.15) is 5.75 Å². The molecule has 0 saturated heterocycles. The summed E-state index contributed by atoms with van der Waals surface area (Å²) in [6.45, 7) is 8.49. The van der Waals surface area contributed by atoms with Gasteiger partial charge in [-0.3, -0.25) is 9.59 Å². The van der Waals surface area contributed by atoms with Crippen LogP contribution in [-0.4, -0.2) is 39.4 Å². The first-order chi connectivity index (χ1) is 16.9. The first-order valence-electron chi connectivity index (χ1n) is 11.4. The van der Waals surface area contributed by atoms with Gasteiger partial charge in [-0.2, -0.15) is 0 Å². The molecular formula is C26H31N5O3S. The number of nitrogens with one attached hydrogen (secondary N) is 2. The molecule has 1 aromatic heterocycles. The van der Waals surface area contributed by atoms with Crippen molar-refractivity contribution in [1.82, 2.24) is 20.1 Å². The molecule has 1 unspecified atom stereocenters. The molecule has 0 spiro atoms. The van der Waals surface area contributed by atoms with Crippen molar-refractivity contribution in [2.45, 2.75) is 38.0 Å². The summed E-state index contributed by atoms with van der Waals surface area (Å²) in [5, 5.41) is 15.3. The molecule has 2 aromatic carbocycles. The lowest BCUT2D eigenvalue weighted by atomic mass is 10.0. The van der Waals surface area contributed by atoms with Gasteiger partial charge in [-0.05, 0) is 36.6 Å². The van der Waals surface area contributed by atoms with Crippen LogP contribution in [0, 0.1) is 5.92 Å². The Balaban J connectivity index is 1.74. The minimum Gasteiger partial charge on any atom is -0.497 e. The highest BCUT2D eigenvalue weighted by Gasteiger charge is 2.24. The number of methoxy groups -OCH3 is 1. The van der Waals surface area contributed by atoms with Gasteiger partial charge >= 0.3 is 0 Å².